The Kier molecular flexibility index (Phi) is 14.5. The molecule has 0 aromatic heterocycles. The highest BCUT2D eigenvalue weighted by Crippen LogP contribution is 2.14. The van der Waals surface area contributed by atoms with E-state index in [9.17, 15) is 29.8 Å². The van der Waals surface area contributed by atoms with Crippen molar-refractivity contribution in [2.24, 2.45) is 0 Å². The van der Waals surface area contributed by atoms with Crippen LogP contribution in [0.1, 0.15) is 34.6 Å². The second kappa shape index (κ2) is 14.9. The molecule has 0 saturated carbocycles. The molecule has 12 heteroatoms. The van der Waals surface area contributed by atoms with E-state index in [0.29, 0.717) is 11.1 Å². The number of carbonyl (C=O) groups is 3. The molecule has 10 nitrogen and oxygen atoms in total. The minimum absolute atomic E-state index is 0. The summed E-state index contributed by atoms with van der Waals surface area (Å²) in [5.74, 6) is -1.16. The van der Waals surface area contributed by atoms with Gasteiger partial charge in [0.25, 0.3) is 17.3 Å². The van der Waals surface area contributed by atoms with E-state index >= 15 is 0 Å². The van der Waals surface area contributed by atoms with Crippen LogP contribution in [0.4, 0.5) is 11.4 Å². The SMILES string of the molecule is Br.CC(=O)O.CC(=O)c1cccc([N+](=O)[O-])c1.O=C(CBr)c1cccc([N+](=O)[O-])c1. The zero-order valence-corrected chi connectivity index (χ0v) is 19.1. The van der Waals surface area contributed by atoms with Gasteiger partial charge in [0, 0.05) is 42.3 Å². The second-order valence-electron chi connectivity index (χ2n) is 5.25. The van der Waals surface area contributed by atoms with Crippen LogP contribution < -0.4 is 0 Å². The van der Waals surface area contributed by atoms with Gasteiger partial charge in [0.1, 0.15) is 0 Å². The van der Waals surface area contributed by atoms with Gasteiger partial charge in [0.05, 0.1) is 15.2 Å². The number of hydrogen-bond acceptors (Lipinski definition) is 7. The minimum Gasteiger partial charge on any atom is -0.481 e. The van der Waals surface area contributed by atoms with Gasteiger partial charge in [0.2, 0.25) is 0 Å². The van der Waals surface area contributed by atoms with E-state index in [1.165, 1.54) is 43.3 Å². The summed E-state index contributed by atoms with van der Waals surface area (Å²) in [6.45, 7) is 2.46. The van der Waals surface area contributed by atoms with Crippen molar-refractivity contribution in [2.75, 3.05) is 5.33 Å². The van der Waals surface area contributed by atoms with Crippen LogP contribution in [0.2, 0.25) is 0 Å². The fourth-order valence-corrected chi connectivity index (χ4v) is 2.03. The lowest BCUT2D eigenvalue weighted by Gasteiger charge is -1.95. The Labute approximate surface area is 190 Å². The highest BCUT2D eigenvalue weighted by molar-refractivity contribution is 9.09. The maximum atomic E-state index is 11.1. The summed E-state index contributed by atoms with van der Waals surface area (Å²) in [6.07, 6.45) is 0. The molecule has 0 amide bonds. The summed E-state index contributed by atoms with van der Waals surface area (Å²) < 4.78 is 0. The van der Waals surface area contributed by atoms with Gasteiger partial charge in [-0.15, -0.1) is 17.0 Å². The Morgan fingerprint density at radius 1 is 0.900 bits per heavy atom. The number of benzene rings is 2. The number of carbonyl (C=O) groups excluding carboxylic acids is 2. The van der Waals surface area contributed by atoms with Crippen molar-refractivity contribution in [3.63, 3.8) is 0 Å². The lowest BCUT2D eigenvalue weighted by molar-refractivity contribution is -0.385. The van der Waals surface area contributed by atoms with Gasteiger partial charge >= 0.3 is 0 Å². The first-order valence-electron chi connectivity index (χ1n) is 7.78. The Morgan fingerprint density at radius 3 is 1.60 bits per heavy atom. The second-order valence-corrected chi connectivity index (χ2v) is 5.81. The van der Waals surface area contributed by atoms with Crippen LogP contribution in [0.25, 0.3) is 0 Å². The third kappa shape index (κ3) is 11.8. The van der Waals surface area contributed by atoms with Crippen molar-refractivity contribution < 1.29 is 29.3 Å². The summed E-state index contributed by atoms with van der Waals surface area (Å²) in [4.78, 5) is 50.5. The van der Waals surface area contributed by atoms with Crippen LogP contribution in [-0.4, -0.2) is 37.8 Å². The van der Waals surface area contributed by atoms with Crippen molar-refractivity contribution in [2.45, 2.75) is 13.8 Å². The van der Waals surface area contributed by atoms with Crippen LogP contribution in [0.5, 0.6) is 0 Å². The maximum Gasteiger partial charge on any atom is 0.300 e. The van der Waals surface area contributed by atoms with Crippen LogP contribution in [0.15, 0.2) is 48.5 Å². The zero-order valence-electron chi connectivity index (χ0n) is 15.8. The van der Waals surface area contributed by atoms with Gasteiger partial charge in [-0.2, -0.15) is 0 Å². The Balaban J connectivity index is 0. The van der Waals surface area contributed by atoms with Crippen molar-refractivity contribution in [3.05, 3.63) is 79.9 Å². The molecule has 0 fully saturated rings. The molecule has 162 valence electrons. The van der Waals surface area contributed by atoms with Crippen LogP contribution in [0, 0.1) is 20.2 Å². The van der Waals surface area contributed by atoms with E-state index in [2.05, 4.69) is 15.9 Å². The molecule has 1 N–H and O–H groups in total. The number of alkyl halides is 1. The number of nitro benzene ring substituents is 2. The molecule has 0 bridgehead atoms. The molecule has 0 aliphatic carbocycles. The average Bonchev–Trinajstić information content (AvgIpc) is 2.67. The van der Waals surface area contributed by atoms with Crippen LogP contribution in [0.3, 0.4) is 0 Å². The van der Waals surface area contributed by atoms with Gasteiger partial charge in [-0.05, 0) is 6.92 Å². The lowest BCUT2D eigenvalue weighted by Crippen LogP contribution is -2.00. The summed E-state index contributed by atoms with van der Waals surface area (Å²) in [6, 6.07) is 11.3. The number of ketones is 2. The number of halogens is 2. The topological polar surface area (TPSA) is 158 Å². The number of carboxylic acid groups (broad SMARTS) is 1. The molecule has 0 heterocycles. The molecule has 2 aromatic rings. The smallest absolute Gasteiger partial charge is 0.300 e. The monoisotopic (exact) mass is 548 g/mol. The predicted molar refractivity (Wildman–Crippen MR) is 118 cm³/mol. The van der Waals surface area contributed by atoms with E-state index in [4.69, 9.17) is 9.90 Å². The van der Waals surface area contributed by atoms with Crippen molar-refractivity contribution in [3.8, 4) is 0 Å². The molecule has 0 aliphatic heterocycles. The van der Waals surface area contributed by atoms with Crippen LogP contribution >= 0.6 is 32.9 Å². The van der Waals surface area contributed by atoms with Crippen LogP contribution in [-0.2, 0) is 4.79 Å². The van der Waals surface area contributed by atoms with Gasteiger partial charge in [-0.1, -0.05) is 40.2 Å². The minimum atomic E-state index is -0.833. The fourth-order valence-electron chi connectivity index (χ4n) is 1.71. The average molecular weight is 550 g/mol. The van der Waals surface area contributed by atoms with Gasteiger partial charge in [-0.25, -0.2) is 0 Å². The third-order valence-electron chi connectivity index (χ3n) is 2.96. The molecule has 0 unspecified atom stereocenters. The van der Waals surface area contributed by atoms with E-state index in [0.717, 1.165) is 6.92 Å². The molecule has 2 aromatic carbocycles. The molecule has 0 spiro atoms. The first kappa shape index (κ1) is 29.2. The van der Waals surface area contributed by atoms with Crippen molar-refractivity contribution in [1.29, 1.82) is 0 Å². The summed E-state index contributed by atoms with van der Waals surface area (Å²) in [5, 5.41) is 28.2. The van der Waals surface area contributed by atoms with E-state index in [1.807, 2.05) is 0 Å². The number of hydrogen-bond donors (Lipinski definition) is 1. The number of Topliss-reactive ketones (excluding diaryl/α,β-unsaturated/α-hetero) is 2. The first-order valence-corrected chi connectivity index (χ1v) is 8.90. The summed E-state index contributed by atoms with van der Waals surface area (Å²) in [7, 11) is 0. The standard InChI is InChI=1S/C8H6BrNO3.C8H7NO3.C2H4O2.BrH/c9-5-8(11)6-2-1-3-7(4-6)10(12)13;1-6(10)7-3-2-4-8(5-7)9(11)12;1-2(3)4;/h1-4H,5H2;2-5H,1H3;1H3,(H,3,4);1H. The van der Waals surface area contributed by atoms with Crippen molar-refractivity contribution in [1.82, 2.24) is 0 Å². The van der Waals surface area contributed by atoms with Crippen molar-refractivity contribution >= 4 is 61.8 Å². The maximum absolute atomic E-state index is 11.1. The van der Waals surface area contributed by atoms with Gasteiger partial charge < -0.3 is 5.11 Å². The first-order chi connectivity index (χ1) is 13.5. The van der Waals surface area contributed by atoms with E-state index < -0.39 is 15.8 Å². The fraction of sp³-hybridized carbons (Fsp3) is 0.167. The largest absolute Gasteiger partial charge is 0.481 e. The quantitative estimate of drug-likeness (QED) is 0.244. The Hall–Kier alpha value is -2.99. The molecule has 0 atom stereocenters. The molecule has 0 aliphatic rings. The highest BCUT2D eigenvalue weighted by atomic mass is 79.9. The summed E-state index contributed by atoms with van der Waals surface area (Å²) in [5.41, 5.74) is 0.602. The van der Waals surface area contributed by atoms with E-state index in [-0.39, 0.29) is 45.3 Å². The molecule has 0 saturated heterocycles. The Bertz CT molecular complexity index is 885. The third-order valence-corrected chi connectivity index (χ3v) is 3.47. The number of nitrogens with zero attached hydrogens (tertiary/aromatic N) is 2. The molecule has 2 rings (SSSR count). The zero-order chi connectivity index (χ0) is 22.6. The predicted octanol–water partition coefficient (Wildman–Crippen LogP) is 4.64. The summed E-state index contributed by atoms with van der Waals surface area (Å²) >= 11 is 2.99. The van der Waals surface area contributed by atoms with E-state index in [1.54, 1.807) is 12.1 Å². The number of nitro groups is 2. The number of non-ortho nitro benzene ring substituents is 2. The molecule has 0 radical (unpaired) electrons. The number of carboxylic acids is 1. The Morgan fingerprint density at radius 2 is 1.27 bits per heavy atom. The van der Waals surface area contributed by atoms with Gasteiger partial charge in [-0.3, -0.25) is 34.6 Å². The normalized spacial score (nSPS) is 8.77. The number of aliphatic carboxylic acids is 1. The highest BCUT2D eigenvalue weighted by Gasteiger charge is 2.09. The van der Waals surface area contributed by atoms with Gasteiger partial charge in [0.15, 0.2) is 11.6 Å². The number of rotatable bonds is 5. The molecule has 30 heavy (non-hydrogen) atoms. The molecular weight excluding hydrogens is 532 g/mol. The lowest BCUT2D eigenvalue weighted by atomic mass is 10.1. The molecular formula is C18H18Br2N2O8.